The predicted molar refractivity (Wildman–Crippen MR) is 103 cm³/mol. The molecule has 29 heavy (non-hydrogen) atoms. The first-order valence-corrected chi connectivity index (χ1v) is 8.41. The van der Waals surface area contributed by atoms with Crippen molar-refractivity contribution < 1.29 is 24.4 Å². The zero-order valence-electron chi connectivity index (χ0n) is 15.0. The van der Waals surface area contributed by atoms with E-state index in [1.165, 1.54) is 47.5 Å². The van der Waals surface area contributed by atoms with Crippen LogP contribution in [0, 0.1) is 10.1 Å². The Balaban J connectivity index is 1.82. The zero-order chi connectivity index (χ0) is 20.8. The highest BCUT2D eigenvalue weighted by Crippen LogP contribution is 2.21. The molecule has 0 radical (unpaired) electrons. The minimum atomic E-state index is -1.05. The van der Waals surface area contributed by atoms with Gasteiger partial charge in [-0.1, -0.05) is 18.2 Å². The largest absolute Gasteiger partial charge is 0.478 e. The van der Waals surface area contributed by atoms with E-state index < -0.39 is 17.0 Å². The smallest absolute Gasteiger partial charge is 0.421 e. The molecule has 0 saturated heterocycles. The van der Waals surface area contributed by atoms with Gasteiger partial charge in [-0.15, -0.1) is 0 Å². The summed E-state index contributed by atoms with van der Waals surface area (Å²) < 4.78 is 5.33. The normalized spacial score (nSPS) is 10.2. The molecule has 0 spiro atoms. The first-order chi connectivity index (χ1) is 13.9. The number of carbonyl (C=O) groups excluding carboxylic acids is 1. The summed E-state index contributed by atoms with van der Waals surface area (Å²) in [5.74, 6) is -0.569. The molecule has 1 amide bonds. The minimum absolute atomic E-state index is 0.0860. The standard InChI is InChI=1S/C20H15N3O6/c24-19(25)15-6-4-14(5-7-15)13-22(18-3-1-2-12-21-18)20(26)29-17-10-8-16(9-11-17)23(27)28/h1-12H,13H2,(H,24,25). The van der Waals surface area contributed by atoms with Crippen LogP contribution in [0.2, 0.25) is 0 Å². The fourth-order valence-electron chi connectivity index (χ4n) is 2.48. The minimum Gasteiger partial charge on any atom is -0.478 e. The van der Waals surface area contributed by atoms with Gasteiger partial charge in [-0.3, -0.25) is 15.0 Å². The molecule has 0 aliphatic carbocycles. The average Bonchev–Trinajstić information content (AvgIpc) is 2.73. The Morgan fingerprint density at radius 2 is 1.72 bits per heavy atom. The van der Waals surface area contributed by atoms with Gasteiger partial charge in [-0.05, 0) is 42.0 Å². The summed E-state index contributed by atoms with van der Waals surface area (Å²) in [6.45, 7) is 0.0860. The number of nitro benzene ring substituents is 1. The molecule has 0 bridgehead atoms. The van der Waals surface area contributed by atoms with Gasteiger partial charge in [0.1, 0.15) is 11.6 Å². The van der Waals surface area contributed by atoms with Crippen LogP contribution in [0.3, 0.4) is 0 Å². The number of pyridine rings is 1. The van der Waals surface area contributed by atoms with Crippen molar-refractivity contribution in [2.75, 3.05) is 4.90 Å². The number of amides is 1. The molecular formula is C20H15N3O6. The van der Waals surface area contributed by atoms with E-state index in [-0.39, 0.29) is 23.5 Å². The van der Waals surface area contributed by atoms with E-state index >= 15 is 0 Å². The van der Waals surface area contributed by atoms with E-state index in [1.54, 1.807) is 30.3 Å². The maximum atomic E-state index is 12.7. The van der Waals surface area contributed by atoms with Gasteiger partial charge in [-0.25, -0.2) is 14.6 Å². The second-order valence-corrected chi connectivity index (χ2v) is 5.90. The number of ether oxygens (including phenoxy) is 1. The second kappa shape index (κ2) is 8.61. The maximum Gasteiger partial charge on any atom is 0.421 e. The number of carbonyl (C=O) groups is 2. The van der Waals surface area contributed by atoms with Crippen molar-refractivity contribution in [2.45, 2.75) is 6.54 Å². The van der Waals surface area contributed by atoms with Gasteiger partial charge in [0.2, 0.25) is 0 Å². The lowest BCUT2D eigenvalue weighted by Gasteiger charge is -2.21. The van der Waals surface area contributed by atoms with E-state index in [2.05, 4.69) is 4.98 Å². The number of benzene rings is 2. The van der Waals surface area contributed by atoms with Crippen molar-refractivity contribution in [1.82, 2.24) is 4.98 Å². The monoisotopic (exact) mass is 393 g/mol. The number of aromatic nitrogens is 1. The molecule has 1 aromatic heterocycles. The number of anilines is 1. The first kappa shape index (κ1) is 19.5. The van der Waals surface area contributed by atoms with Crippen molar-refractivity contribution in [3.63, 3.8) is 0 Å². The van der Waals surface area contributed by atoms with Gasteiger partial charge in [0.25, 0.3) is 5.69 Å². The molecule has 0 saturated carbocycles. The summed E-state index contributed by atoms with van der Waals surface area (Å²) in [6, 6.07) is 16.2. The van der Waals surface area contributed by atoms with Crippen molar-refractivity contribution in [1.29, 1.82) is 0 Å². The second-order valence-electron chi connectivity index (χ2n) is 5.90. The number of carboxylic acid groups (broad SMARTS) is 1. The summed E-state index contributed by atoms with van der Waals surface area (Å²) in [6.07, 6.45) is 0.787. The molecule has 0 fully saturated rings. The molecule has 3 rings (SSSR count). The van der Waals surface area contributed by atoms with Crippen molar-refractivity contribution in [3.8, 4) is 5.75 Å². The Bertz CT molecular complexity index is 1020. The number of non-ortho nitro benzene ring substituents is 1. The molecule has 1 heterocycles. The Labute approximate surface area is 165 Å². The molecule has 0 atom stereocenters. The van der Waals surface area contributed by atoms with Gasteiger partial charge in [-0.2, -0.15) is 0 Å². The molecule has 3 aromatic rings. The van der Waals surface area contributed by atoms with E-state index in [0.29, 0.717) is 11.4 Å². The van der Waals surface area contributed by atoms with Gasteiger partial charge < -0.3 is 9.84 Å². The molecule has 0 aliphatic heterocycles. The number of rotatable bonds is 6. The Hall–Kier alpha value is -4.27. The summed E-state index contributed by atoms with van der Waals surface area (Å²) in [5, 5.41) is 19.7. The van der Waals surface area contributed by atoms with Crippen molar-refractivity contribution >= 4 is 23.6 Å². The SMILES string of the molecule is O=C(O)c1ccc(CN(C(=O)Oc2ccc([N+](=O)[O-])cc2)c2ccccn2)cc1. The third kappa shape index (κ3) is 4.92. The van der Waals surface area contributed by atoms with E-state index in [4.69, 9.17) is 9.84 Å². The van der Waals surface area contributed by atoms with Crippen LogP contribution in [0.5, 0.6) is 5.75 Å². The van der Waals surface area contributed by atoms with E-state index in [9.17, 15) is 19.7 Å². The number of nitrogens with zero attached hydrogens (tertiary/aromatic N) is 3. The number of hydrogen-bond donors (Lipinski definition) is 1. The highest BCUT2D eigenvalue weighted by atomic mass is 16.6. The molecule has 2 aromatic carbocycles. The average molecular weight is 393 g/mol. The number of carboxylic acids is 1. The molecule has 9 nitrogen and oxygen atoms in total. The third-order valence-corrected chi connectivity index (χ3v) is 3.94. The van der Waals surface area contributed by atoms with Crippen LogP contribution in [0.4, 0.5) is 16.3 Å². The van der Waals surface area contributed by atoms with Gasteiger partial charge in [0, 0.05) is 18.3 Å². The number of nitro groups is 1. The first-order valence-electron chi connectivity index (χ1n) is 8.41. The molecule has 146 valence electrons. The number of hydrogen-bond acceptors (Lipinski definition) is 6. The van der Waals surface area contributed by atoms with Gasteiger partial charge in [0.15, 0.2) is 0 Å². The van der Waals surface area contributed by atoms with Crippen LogP contribution in [0.25, 0.3) is 0 Å². The zero-order valence-corrected chi connectivity index (χ0v) is 15.0. The van der Waals surface area contributed by atoms with Gasteiger partial charge in [0.05, 0.1) is 17.0 Å². The molecule has 0 unspecified atom stereocenters. The van der Waals surface area contributed by atoms with Crippen LogP contribution < -0.4 is 9.64 Å². The summed E-state index contributed by atoms with van der Waals surface area (Å²) in [4.78, 5) is 39.4. The van der Waals surface area contributed by atoms with E-state index in [1.807, 2.05) is 0 Å². The molecule has 1 N–H and O–H groups in total. The molecule has 9 heteroatoms. The van der Waals surface area contributed by atoms with Crippen LogP contribution >= 0.6 is 0 Å². The Morgan fingerprint density at radius 1 is 1.03 bits per heavy atom. The third-order valence-electron chi connectivity index (χ3n) is 3.94. The summed E-state index contributed by atoms with van der Waals surface area (Å²) in [7, 11) is 0. The van der Waals surface area contributed by atoms with Crippen LogP contribution in [0.1, 0.15) is 15.9 Å². The quantitative estimate of drug-likeness (QED) is 0.498. The summed E-state index contributed by atoms with van der Waals surface area (Å²) in [5.41, 5.74) is 0.679. The van der Waals surface area contributed by atoms with Crippen molar-refractivity contribution in [3.05, 3.63) is 94.2 Å². The topological polar surface area (TPSA) is 123 Å². The van der Waals surface area contributed by atoms with Crippen molar-refractivity contribution in [2.24, 2.45) is 0 Å². The molecule has 0 aliphatic rings. The van der Waals surface area contributed by atoms with Crippen LogP contribution in [-0.4, -0.2) is 27.1 Å². The Morgan fingerprint density at radius 3 is 2.28 bits per heavy atom. The predicted octanol–water partition coefficient (Wildman–Crippen LogP) is 3.89. The Kier molecular flexibility index (Phi) is 5.79. The van der Waals surface area contributed by atoms with Crippen LogP contribution in [-0.2, 0) is 6.54 Å². The van der Waals surface area contributed by atoms with Crippen LogP contribution in [0.15, 0.2) is 72.9 Å². The van der Waals surface area contributed by atoms with Gasteiger partial charge >= 0.3 is 12.1 Å². The molecular weight excluding hydrogens is 378 g/mol. The lowest BCUT2D eigenvalue weighted by atomic mass is 10.1. The fraction of sp³-hybridized carbons (Fsp3) is 0.0500. The summed E-state index contributed by atoms with van der Waals surface area (Å²) >= 11 is 0. The van der Waals surface area contributed by atoms with E-state index in [0.717, 1.165) is 0 Å². The highest BCUT2D eigenvalue weighted by molar-refractivity contribution is 5.89. The number of aromatic carboxylic acids is 1. The fourth-order valence-corrected chi connectivity index (χ4v) is 2.48. The lowest BCUT2D eigenvalue weighted by Crippen LogP contribution is -2.33. The maximum absolute atomic E-state index is 12.7. The highest BCUT2D eigenvalue weighted by Gasteiger charge is 2.20. The lowest BCUT2D eigenvalue weighted by molar-refractivity contribution is -0.384.